The number of carbonyl (C=O) groups is 1. The van der Waals surface area contributed by atoms with Crippen LogP contribution in [0.25, 0.3) is 0 Å². The van der Waals surface area contributed by atoms with E-state index < -0.39 is 23.7 Å². The van der Waals surface area contributed by atoms with Crippen molar-refractivity contribution in [1.82, 2.24) is 10.3 Å². The Morgan fingerprint density at radius 3 is 2.76 bits per heavy atom. The molecule has 1 N–H and O–H groups in total. The second-order valence-electron chi connectivity index (χ2n) is 7.02. The van der Waals surface area contributed by atoms with Crippen LogP contribution >= 0.6 is 0 Å². The molecule has 3 rings (SSSR count). The van der Waals surface area contributed by atoms with Gasteiger partial charge in [-0.15, -0.1) is 0 Å². The molecule has 1 aliphatic rings. The molecule has 0 radical (unpaired) electrons. The number of ether oxygens (including phenoxy) is 2. The maximum Gasteiger partial charge on any atom is 0.303 e. The maximum atomic E-state index is 11.8. The van der Waals surface area contributed by atoms with E-state index in [9.17, 15) is 10.1 Å². The van der Waals surface area contributed by atoms with Crippen molar-refractivity contribution in [3.05, 3.63) is 59.4 Å². The summed E-state index contributed by atoms with van der Waals surface area (Å²) in [5, 5.41) is 21.7. The molecule has 8 heteroatoms. The molecule has 2 aromatic rings. The lowest BCUT2D eigenvalue weighted by atomic mass is 9.85. The van der Waals surface area contributed by atoms with Crippen LogP contribution in [0.4, 0.5) is 0 Å². The third kappa shape index (κ3) is 4.17. The average Bonchev–Trinajstić information content (AvgIpc) is 2.69. The van der Waals surface area contributed by atoms with Crippen molar-refractivity contribution < 1.29 is 14.3 Å². The molecule has 1 aromatic carbocycles. The summed E-state index contributed by atoms with van der Waals surface area (Å²) in [5.74, 6) is 0.352. The van der Waals surface area contributed by atoms with E-state index >= 15 is 0 Å². The van der Waals surface area contributed by atoms with Crippen LogP contribution < -0.4 is 10.1 Å². The fourth-order valence-corrected chi connectivity index (χ4v) is 3.28. The summed E-state index contributed by atoms with van der Waals surface area (Å²) in [6.07, 6.45) is 4.22. The number of carbonyl (C=O) groups excluding carboxylic acids is 1. The molecule has 2 heterocycles. The van der Waals surface area contributed by atoms with Gasteiger partial charge in [0.2, 0.25) is 6.19 Å². The summed E-state index contributed by atoms with van der Waals surface area (Å²) in [6.45, 7) is 4.93. The van der Waals surface area contributed by atoms with Crippen LogP contribution in [0.3, 0.4) is 0 Å². The Labute approximate surface area is 168 Å². The molecule has 2 atom stereocenters. The van der Waals surface area contributed by atoms with Crippen molar-refractivity contribution in [2.45, 2.75) is 38.5 Å². The SMILES string of the molecule is CC(=O)O[C@@H]1[C@@H](N/C(=N\C#N)c2cccnc2)c2cc(C#N)ccc2OC1(C)C. The van der Waals surface area contributed by atoms with Gasteiger partial charge in [0.15, 0.2) is 6.10 Å². The molecule has 29 heavy (non-hydrogen) atoms. The molecule has 0 saturated carbocycles. The summed E-state index contributed by atoms with van der Waals surface area (Å²) in [6, 6.07) is 10.0. The molecular weight excluding hydrogens is 370 g/mol. The van der Waals surface area contributed by atoms with Gasteiger partial charge in [0, 0.05) is 30.4 Å². The number of aliphatic imine (C=N–C) groups is 1. The Morgan fingerprint density at radius 1 is 1.34 bits per heavy atom. The zero-order valence-electron chi connectivity index (χ0n) is 16.2. The minimum atomic E-state index is -0.878. The van der Waals surface area contributed by atoms with Gasteiger partial charge < -0.3 is 14.8 Å². The van der Waals surface area contributed by atoms with Gasteiger partial charge in [0.1, 0.15) is 17.2 Å². The van der Waals surface area contributed by atoms with E-state index in [1.54, 1.807) is 48.9 Å². The zero-order chi connectivity index (χ0) is 21.0. The number of benzene rings is 1. The van der Waals surface area contributed by atoms with E-state index in [4.69, 9.17) is 14.7 Å². The number of esters is 1. The monoisotopic (exact) mass is 389 g/mol. The molecule has 1 aromatic heterocycles. The first kappa shape index (κ1) is 19.8. The number of nitrogens with zero attached hydrogens (tertiary/aromatic N) is 4. The molecule has 8 nitrogen and oxygen atoms in total. The molecule has 0 saturated heterocycles. The van der Waals surface area contributed by atoms with Crippen LogP contribution in [0.15, 0.2) is 47.7 Å². The lowest BCUT2D eigenvalue weighted by Crippen LogP contribution is -2.55. The number of nitrogens with one attached hydrogen (secondary N) is 1. The van der Waals surface area contributed by atoms with Crippen LogP contribution in [0, 0.1) is 22.8 Å². The van der Waals surface area contributed by atoms with Crippen molar-refractivity contribution in [3.8, 4) is 18.0 Å². The van der Waals surface area contributed by atoms with E-state index in [1.807, 2.05) is 13.8 Å². The number of rotatable bonds is 3. The fourth-order valence-electron chi connectivity index (χ4n) is 3.28. The molecule has 0 bridgehead atoms. The van der Waals surface area contributed by atoms with E-state index in [0.29, 0.717) is 22.4 Å². The van der Waals surface area contributed by atoms with Crippen molar-refractivity contribution in [2.24, 2.45) is 4.99 Å². The predicted molar refractivity (Wildman–Crippen MR) is 104 cm³/mol. The van der Waals surface area contributed by atoms with Gasteiger partial charge >= 0.3 is 5.97 Å². The Morgan fingerprint density at radius 2 is 2.14 bits per heavy atom. The Hall–Kier alpha value is -3.91. The van der Waals surface area contributed by atoms with E-state index in [2.05, 4.69) is 21.4 Å². The number of fused-ring (bicyclic) bond motifs is 1. The molecule has 0 amide bonds. The van der Waals surface area contributed by atoms with E-state index in [0.717, 1.165) is 0 Å². The number of hydrogen-bond acceptors (Lipinski definition) is 7. The first-order chi connectivity index (χ1) is 13.9. The highest BCUT2D eigenvalue weighted by molar-refractivity contribution is 5.99. The van der Waals surface area contributed by atoms with Crippen LogP contribution in [-0.2, 0) is 9.53 Å². The van der Waals surface area contributed by atoms with E-state index in [1.165, 1.54) is 6.92 Å². The van der Waals surface area contributed by atoms with Crippen LogP contribution in [0.1, 0.15) is 43.5 Å². The lowest BCUT2D eigenvalue weighted by Gasteiger charge is -2.44. The summed E-state index contributed by atoms with van der Waals surface area (Å²) in [5.41, 5.74) is 0.777. The van der Waals surface area contributed by atoms with Gasteiger partial charge in [-0.3, -0.25) is 9.78 Å². The van der Waals surface area contributed by atoms with Gasteiger partial charge in [-0.1, -0.05) is 0 Å². The van der Waals surface area contributed by atoms with E-state index in [-0.39, 0.29) is 5.84 Å². The Kier molecular flexibility index (Phi) is 5.47. The van der Waals surface area contributed by atoms with Crippen LogP contribution in [0.2, 0.25) is 0 Å². The molecular formula is C21H19N5O3. The molecule has 0 aliphatic carbocycles. The number of nitriles is 2. The minimum Gasteiger partial charge on any atom is -0.484 e. The number of aromatic nitrogens is 1. The highest BCUT2D eigenvalue weighted by Crippen LogP contribution is 2.42. The smallest absolute Gasteiger partial charge is 0.303 e. The van der Waals surface area contributed by atoms with Crippen molar-refractivity contribution in [1.29, 1.82) is 10.5 Å². The quantitative estimate of drug-likeness (QED) is 0.371. The second kappa shape index (κ2) is 7.99. The van der Waals surface area contributed by atoms with Crippen molar-refractivity contribution in [2.75, 3.05) is 0 Å². The molecule has 0 spiro atoms. The third-order valence-corrected chi connectivity index (χ3v) is 4.52. The summed E-state index contributed by atoms with van der Waals surface area (Å²) in [7, 11) is 0. The highest BCUT2D eigenvalue weighted by Gasteiger charge is 2.47. The van der Waals surface area contributed by atoms with Crippen LogP contribution in [0.5, 0.6) is 5.75 Å². The number of amidine groups is 1. The Bertz CT molecular complexity index is 1030. The normalized spacial score (nSPS) is 19.7. The standard InChI is InChI=1S/C21H19N5O3/c1-13(27)28-19-18(26-20(25-12-23)15-5-4-8-24-11-15)16-9-14(10-22)6-7-17(16)29-21(19,2)3/h4-9,11,18-19H,1-3H3,(H,25,26)/t18-,19+/m0/s1. The molecule has 1 aliphatic heterocycles. The van der Waals surface area contributed by atoms with Gasteiger partial charge in [-0.05, 0) is 44.2 Å². The highest BCUT2D eigenvalue weighted by atomic mass is 16.6. The minimum absolute atomic E-state index is 0.272. The largest absolute Gasteiger partial charge is 0.484 e. The zero-order valence-corrected chi connectivity index (χ0v) is 16.2. The molecule has 146 valence electrons. The maximum absolute atomic E-state index is 11.8. The first-order valence-electron chi connectivity index (χ1n) is 8.89. The van der Waals surface area contributed by atoms with Gasteiger partial charge in [-0.2, -0.15) is 15.5 Å². The summed E-state index contributed by atoms with van der Waals surface area (Å²) >= 11 is 0. The number of pyridine rings is 1. The second-order valence-corrected chi connectivity index (χ2v) is 7.02. The first-order valence-corrected chi connectivity index (χ1v) is 8.89. The Balaban J connectivity index is 2.13. The van der Waals surface area contributed by atoms with Gasteiger partial charge in [0.25, 0.3) is 0 Å². The van der Waals surface area contributed by atoms with Crippen LogP contribution in [-0.4, -0.2) is 28.5 Å². The summed E-state index contributed by atoms with van der Waals surface area (Å²) in [4.78, 5) is 19.8. The topological polar surface area (TPSA) is 120 Å². The lowest BCUT2D eigenvalue weighted by molar-refractivity contribution is -0.162. The molecule has 0 fully saturated rings. The van der Waals surface area contributed by atoms with Crippen molar-refractivity contribution in [3.63, 3.8) is 0 Å². The average molecular weight is 389 g/mol. The predicted octanol–water partition coefficient (Wildman–Crippen LogP) is 2.61. The number of hydrogen-bond donors (Lipinski definition) is 1. The molecule has 0 unspecified atom stereocenters. The van der Waals surface area contributed by atoms with Gasteiger partial charge in [0.05, 0.1) is 17.7 Å². The van der Waals surface area contributed by atoms with Crippen molar-refractivity contribution >= 4 is 11.8 Å². The third-order valence-electron chi connectivity index (χ3n) is 4.52. The fraction of sp³-hybridized carbons (Fsp3) is 0.286. The summed E-state index contributed by atoms with van der Waals surface area (Å²) < 4.78 is 11.7. The van der Waals surface area contributed by atoms with Gasteiger partial charge in [-0.25, -0.2) is 0 Å².